The fourth-order valence-corrected chi connectivity index (χ4v) is 5.42. The maximum atomic E-state index is 13.6. The van der Waals surface area contributed by atoms with Crippen LogP contribution >= 0.6 is 11.3 Å². The van der Waals surface area contributed by atoms with E-state index in [-0.39, 0.29) is 42.9 Å². The van der Waals surface area contributed by atoms with Crippen molar-refractivity contribution < 1.29 is 23.5 Å². The number of amides is 2. The van der Waals surface area contributed by atoms with Crippen LogP contribution < -0.4 is 9.47 Å². The van der Waals surface area contributed by atoms with Gasteiger partial charge in [0.25, 0.3) is 5.91 Å². The molecule has 1 saturated carbocycles. The third-order valence-corrected chi connectivity index (χ3v) is 7.51. The van der Waals surface area contributed by atoms with Gasteiger partial charge in [-0.3, -0.25) is 9.59 Å². The van der Waals surface area contributed by atoms with Crippen molar-refractivity contribution >= 4 is 23.2 Å². The monoisotopic (exact) mass is 494 g/mol. The minimum Gasteiger partial charge on any atom is -0.497 e. The van der Waals surface area contributed by atoms with Crippen LogP contribution in [0.15, 0.2) is 60.0 Å². The number of hydrogen-bond acceptors (Lipinski definition) is 5. The summed E-state index contributed by atoms with van der Waals surface area (Å²) in [5.74, 6) is 0.478. The summed E-state index contributed by atoms with van der Waals surface area (Å²) in [6.07, 6.45) is 2.57. The second-order valence-corrected chi connectivity index (χ2v) is 9.81. The van der Waals surface area contributed by atoms with Gasteiger partial charge in [0.2, 0.25) is 5.91 Å². The first-order valence-electron chi connectivity index (χ1n) is 11.7. The van der Waals surface area contributed by atoms with Crippen LogP contribution in [-0.2, 0) is 11.2 Å². The lowest BCUT2D eigenvalue weighted by Gasteiger charge is -2.37. The number of halogens is 1. The summed E-state index contributed by atoms with van der Waals surface area (Å²) in [6.45, 7) is 0.791. The van der Waals surface area contributed by atoms with Crippen molar-refractivity contribution in [2.75, 3.05) is 26.8 Å². The average molecular weight is 495 g/mol. The molecule has 2 aromatic carbocycles. The molecule has 35 heavy (non-hydrogen) atoms. The number of benzene rings is 2. The molecule has 1 aliphatic carbocycles. The summed E-state index contributed by atoms with van der Waals surface area (Å²) >= 11 is 1.67. The standard InChI is InChI=1S/C27H27FN2O4S/c1-33-21-9-5-18(6-10-21)27(32)30(20-7-8-20)16-26(31)29-13-11-25-23(12-14-35-25)24(29)17-34-22-4-2-3-19(28)15-22/h2-6,9-10,12,14-15,20,24H,7-8,11,13,16-17H2,1H3. The number of carbonyl (C=O) groups excluding carboxylic acids is 2. The maximum absolute atomic E-state index is 13.6. The summed E-state index contributed by atoms with van der Waals surface area (Å²) in [5.41, 5.74) is 1.60. The van der Waals surface area contributed by atoms with Crippen LogP contribution in [-0.4, -0.2) is 54.5 Å². The molecule has 0 radical (unpaired) electrons. The molecule has 8 heteroatoms. The van der Waals surface area contributed by atoms with E-state index in [4.69, 9.17) is 9.47 Å². The van der Waals surface area contributed by atoms with Gasteiger partial charge in [-0.2, -0.15) is 0 Å². The van der Waals surface area contributed by atoms with Crippen LogP contribution in [0.5, 0.6) is 11.5 Å². The number of ether oxygens (including phenoxy) is 2. The number of thiophene rings is 1. The molecule has 0 saturated heterocycles. The summed E-state index contributed by atoms with van der Waals surface area (Å²) < 4.78 is 24.7. The van der Waals surface area contributed by atoms with E-state index in [0.29, 0.717) is 23.6 Å². The van der Waals surface area contributed by atoms with Gasteiger partial charge in [-0.1, -0.05) is 6.07 Å². The highest BCUT2D eigenvalue weighted by atomic mass is 32.1. The smallest absolute Gasteiger partial charge is 0.254 e. The van der Waals surface area contributed by atoms with Gasteiger partial charge in [0.05, 0.1) is 13.2 Å². The van der Waals surface area contributed by atoms with E-state index in [1.54, 1.807) is 59.7 Å². The number of methoxy groups -OCH3 is 1. The predicted octanol–water partition coefficient (Wildman–Crippen LogP) is 4.71. The molecule has 1 unspecified atom stereocenters. The largest absolute Gasteiger partial charge is 0.497 e. The number of fused-ring (bicyclic) bond motifs is 1. The summed E-state index contributed by atoms with van der Waals surface area (Å²) in [5, 5.41) is 2.03. The lowest BCUT2D eigenvalue weighted by atomic mass is 10.0. The van der Waals surface area contributed by atoms with E-state index < -0.39 is 0 Å². The average Bonchev–Trinajstić information content (AvgIpc) is 3.61. The molecular formula is C27H27FN2O4S. The Balaban J connectivity index is 1.33. The Labute approximate surface area is 207 Å². The highest BCUT2D eigenvalue weighted by molar-refractivity contribution is 7.10. The molecule has 1 fully saturated rings. The summed E-state index contributed by atoms with van der Waals surface area (Å²) in [6, 6.07) is 14.8. The van der Waals surface area contributed by atoms with E-state index in [9.17, 15) is 14.0 Å². The Hall–Kier alpha value is -3.39. The van der Waals surface area contributed by atoms with Gasteiger partial charge in [-0.25, -0.2) is 4.39 Å². The highest BCUT2D eigenvalue weighted by Gasteiger charge is 2.38. The van der Waals surface area contributed by atoms with Gasteiger partial charge < -0.3 is 19.3 Å². The summed E-state index contributed by atoms with van der Waals surface area (Å²) in [7, 11) is 1.58. The molecule has 5 rings (SSSR count). The summed E-state index contributed by atoms with van der Waals surface area (Å²) in [4.78, 5) is 31.6. The normalized spacial score (nSPS) is 17.0. The third kappa shape index (κ3) is 5.17. The molecule has 3 aromatic rings. The SMILES string of the molecule is COc1ccc(C(=O)N(CC(=O)N2CCc3sccc3C2COc2cccc(F)c2)C2CC2)cc1. The quantitative estimate of drug-likeness (QED) is 0.455. The molecule has 2 amide bonds. The molecule has 0 spiro atoms. The second kappa shape index (κ2) is 10.1. The number of rotatable bonds is 8. The van der Waals surface area contributed by atoms with Gasteiger partial charge in [0.1, 0.15) is 30.5 Å². The Morgan fingerprint density at radius 3 is 2.63 bits per heavy atom. The lowest BCUT2D eigenvalue weighted by molar-refractivity contribution is -0.135. The molecule has 6 nitrogen and oxygen atoms in total. The van der Waals surface area contributed by atoms with E-state index in [1.807, 2.05) is 16.3 Å². The molecule has 1 aromatic heterocycles. The lowest BCUT2D eigenvalue weighted by Crippen LogP contribution is -2.48. The zero-order valence-electron chi connectivity index (χ0n) is 19.5. The third-order valence-electron chi connectivity index (χ3n) is 6.51. The van der Waals surface area contributed by atoms with Crippen LogP contribution in [0.3, 0.4) is 0 Å². The Kier molecular flexibility index (Phi) is 6.72. The first-order valence-corrected chi connectivity index (χ1v) is 12.6. The van der Waals surface area contributed by atoms with Crippen molar-refractivity contribution in [3.63, 3.8) is 0 Å². The number of hydrogen-bond donors (Lipinski definition) is 0. The van der Waals surface area contributed by atoms with Crippen molar-refractivity contribution in [2.24, 2.45) is 0 Å². The second-order valence-electron chi connectivity index (χ2n) is 8.81. The van der Waals surface area contributed by atoms with Crippen molar-refractivity contribution in [2.45, 2.75) is 31.3 Å². The van der Waals surface area contributed by atoms with Crippen LogP contribution in [0.1, 0.15) is 39.7 Å². The molecule has 182 valence electrons. The van der Waals surface area contributed by atoms with Crippen LogP contribution in [0.2, 0.25) is 0 Å². The first-order chi connectivity index (χ1) is 17.0. The zero-order valence-corrected chi connectivity index (χ0v) is 20.3. The molecule has 2 aliphatic rings. The van der Waals surface area contributed by atoms with Crippen LogP contribution in [0.25, 0.3) is 0 Å². The Morgan fingerprint density at radius 1 is 1.11 bits per heavy atom. The number of nitrogens with zero attached hydrogens (tertiary/aromatic N) is 2. The fourth-order valence-electron chi connectivity index (χ4n) is 4.50. The van der Waals surface area contributed by atoms with Crippen molar-refractivity contribution in [1.29, 1.82) is 0 Å². The highest BCUT2D eigenvalue weighted by Crippen LogP contribution is 2.35. The predicted molar refractivity (Wildman–Crippen MR) is 131 cm³/mol. The van der Waals surface area contributed by atoms with E-state index in [0.717, 1.165) is 24.8 Å². The molecule has 1 aliphatic heterocycles. The topological polar surface area (TPSA) is 59.1 Å². The molecule has 0 N–H and O–H groups in total. The number of carbonyl (C=O) groups is 2. The van der Waals surface area contributed by atoms with Gasteiger partial charge in [-0.05, 0) is 72.7 Å². The van der Waals surface area contributed by atoms with E-state index in [2.05, 4.69) is 0 Å². The van der Waals surface area contributed by atoms with E-state index >= 15 is 0 Å². The van der Waals surface area contributed by atoms with Crippen LogP contribution in [0.4, 0.5) is 4.39 Å². The Bertz CT molecular complexity index is 1210. The van der Waals surface area contributed by atoms with Crippen molar-refractivity contribution in [1.82, 2.24) is 9.80 Å². The van der Waals surface area contributed by atoms with Crippen LogP contribution in [0, 0.1) is 5.82 Å². The molecule has 2 heterocycles. The van der Waals surface area contributed by atoms with E-state index in [1.165, 1.54) is 17.0 Å². The maximum Gasteiger partial charge on any atom is 0.254 e. The minimum absolute atomic E-state index is 0.0193. The van der Waals surface area contributed by atoms with Crippen molar-refractivity contribution in [3.05, 3.63) is 81.8 Å². The zero-order chi connectivity index (χ0) is 24.4. The van der Waals surface area contributed by atoms with Crippen molar-refractivity contribution in [3.8, 4) is 11.5 Å². The molecular weight excluding hydrogens is 467 g/mol. The molecule has 1 atom stereocenters. The Morgan fingerprint density at radius 2 is 1.91 bits per heavy atom. The molecule has 0 bridgehead atoms. The first kappa shape index (κ1) is 23.4. The van der Waals surface area contributed by atoms with Gasteiger partial charge in [0, 0.05) is 29.1 Å². The van der Waals surface area contributed by atoms with Gasteiger partial charge in [0.15, 0.2) is 0 Å². The van der Waals surface area contributed by atoms with Gasteiger partial charge in [-0.15, -0.1) is 11.3 Å². The van der Waals surface area contributed by atoms with Gasteiger partial charge >= 0.3 is 0 Å². The minimum atomic E-state index is -0.368. The fraction of sp³-hybridized carbons (Fsp3) is 0.333.